The van der Waals surface area contributed by atoms with Crippen molar-refractivity contribution in [2.45, 2.75) is 52.9 Å². The fourth-order valence-electron chi connectivity index (χ4n) is 3.98. The molecule has 0 bridgehead atoms. The van der Waals surface area contributed by atoms with Crippen LogP contribution in [0.25, 0.3) is 27.7 Å². The third kappa shape index (κ3) is 2.85. The molecule has 6 heteroatoms. The van der Waals surface area contributed by atoms with Gasteiger partial charge in [-0.1, -0.05) is 11.6 Å². The lowest BCUT2D eigenvalue weighted by Crippen LogP contribution is -2.39. The normalized spacial score (nSPS) is 15.7. The average molecular weight is 364 g/mol. The lowest BCUT2D eigenvalue weighted by Gasteiger charge is -2.22. The number of aromatic nitrogens is 3. The Kier molecular flexibility index (Phi) is 4.13. The summed E-state index contributed by atoms with van der Waals surface area (Å²) in [5.74, 6) is 2.36. The van der Waals surface area contributed by atoms with Gasteiger partial charge in [-0.15, -0.1) is 0 Å². The Morgan fingerprint density at radius 1 is 1.26 bits per heavy atom. The first-order chi connectivity index (χ1) is 12.9. The minimum atomic E-state index is 0.516. The van der Waals surface area contributed by atoms with E-state index in [-0.39, 0.29) is 0 Å². The van der Waals surface area contributed by atoms with Crippen LogP contribution < -0.4 is 11.1 Å². The molecule has 0 saturated heterocycles. The number of nitrogens with two attached hydrogens (primary N) is 2. The molecule has 6 nitrogen and oxygen atoms in total. The Morgan fingerprint density at radius 3 is 2.52 bits per heavy atom. The van der Waals surface area contributed by atoms with E-state index in [0.29, 0.717) is 17.3 Å². The summed E-state index contributed by atoms with van der Waals surface area (Å²) in [5.41, 5.74) is 14.2. The minimum absolute atomic E-state index is 0.516. The first-order valence-electron chi connectivity index (χ1n) is 9.39. The molecule has 1 saturated carbocycles. The third-order valence-electron chi connectivity index (χ3n) is 5.48. The van der Waals surface area contributed by atoms with Crippen LogP contribution in [0.15, 0.2) is 22.4 Å². The smallest absolute Gasteiger partial charge is 0.179 e. The van der Waals surface area contributed by atoms with E-state index in [9.17, 15) is 0 Å². The van der Waals surface area contributed by atoms with Crippen LogP contribution in [0, 0.1) is 13.8 Å². The van der Waals surface area contributed by atoms with Gasteiger partial charge < -0.3 is 15.2 Å². The van der Waals surface area contributed by atoms with Gasteiger partial charge in [0.15, 0.2) is 5.71 Å². The van der Waals surface area contributed by atoms with E-state index in [1.807, 2.05) is 27.7 Å². The van der Waals surface area contributed by atoms with Gasteiger partial charge in [0.05, 0.1) is 22.3 Å². The molecule has 0 unspecified atom stereocenters. The first kappa shape index (κ1) is 17.5. The highest BCUT2D eigenvalue weighted by Crippen LogP contribution is 2.38. The van der Waals surface area contributed by atoms with Crippen LogP contribution in [0.4, 0.5) is 0 Å². The van der Waals surface area contributed by atoms with Gasteiger partial charge in [0, 0.05) is 29.7 Å². The molecule has 140 valence electrons. The lowest BCUT2D eigenvalue weighted by molar-refractivity contribution is -0.111. The highest BCUT2D eigenvalue weighted by atomic mass is 16.5. The Labute approximate surface area is 158 Å². The molecule has 2 heterocycles. The second-order valence-corrected chi connectivity index (χ2v) is 7.61. The van der Waals surface area contributed by atoms with Gasteiger partial charge in [-0.2, -0.15) is 0 Å². The molecule has 4 rings (SSSR count). The van der Waals surface area contributed by atoms with E-state index in [2.05, 4.69) is 22.3 Å². The van der Waals surface area contributed by atoms with Crippen molar-refractivity contribution in [3.63, 3.8) is 0 Å². The predicted octanol–water partition coefficient (Wildman–Crippen LogP) is 3.01. The Bertz CT molecular complexity index is 1060. The summed E-state index contributed by atoms with van der Waals surface area (Å²) >= 11 is 0. The van der Waals surface area contributed by atoms with Crippen LogP contribution in [0.5, 0.6) is 0 Å². The molecule has 1 aliphatic rings. The molecule has 0 atom stereocenters. The quantitative estimate of drug-likeness (QED) is 0.619. The number of allylic oxidation sites excluding steroid dienone is 2. The molecule has 0 spiro atoms. The molecule has 0 radical (unpaired) electrons. The van der Waals surface area contributed by atoms with Crippen LogP contribution in [0.3, 0.4) is 0 Å². The summed E-state index contributed by atoms with van der Waals surface area (Å²) in [6.07, 6.45) is 3.64. The number of hydrogen-bond donors (Lipinski definition) is 3. The summed E-state index contributed by atoms with van der Waals surface area (Å²) in [7, 11) is 0. The van der Waals surface area contributed by atoms with Crippen molar-refractivity contribution in [1.29, 1.82) is 0 Å². The monoisotopic (exact) mass is 364 g/mol. The SMILES string of the molecule is CC(=[NH2+])C(=C(C)N)c1cc(-c2c(C)noc2C)cc2[nH]c(C3CCC3)nc12. The van der Waals surface area contributed by atoms with E-state index in [1.165, 1.54) is 19.3 Å². The van der Waals surface area contributed by atoms with Gasteiger partial charge in [-0.05, 0) is 51.3 Å². The fourth-order valence-corrected chi connectivity index (χ4v) is 3.98. The summed E-state index contributed by atoms with van der Waals surface area (Å²) in [6.45, 7) is 7.63. The predicted molar refractivity (Wildman–Crippen MR) is 107 cm³/mol. The maximum atomic E-state index is 6.20. The van der Waals surface area contributed by atoms with E-state index in [1.54, 1.807) is 0 Å². The zero-order valence-electron chi connectivity index (χ0n) is 16.3. The van der Waals surface area contributed by atoms with Crippen molar-refractivity contribution in [1.82, 2.24) is 15.1 Å². The van der Waals surface area contributed by atoms with Crippen molar-refractivity contribution in [2.24, 2.45) is 5.73 Å². The molecular formula is C21H26N5O+. The van der Waals surface area contributed by atoms with Crippen molar-refractivity contribution in [2.75, 3.05) is 0 Å². The number of rotatable bonds is 4. The number of fused-ring (bicyclic) bond motifs is 1. The van der Waals surface area contributed by atoms with E-state index in [4.69, 9.17) is 20.7 Å². The number of imidazole rings is 1. The van der Waals surface area contributed by atoms with E-state index in [0.717, 1.165) is 50.6 Å². The topological polar surface area (TPSA) is 106 Å². The highest BCUT2D eigenvalue weighted by Gasteiger charge is 2.26. The number of benzene rings is 1. The lowest BCUT2D eigenvalue weighted by atomic mass is 9.85. The molecule has 0 aliphatic heterocycles. The average Bonchev–Trinajstić information content (AvgIpc) is 3.08. The van der Waals surface area contributed by atoms with Gasteiger partial charge in [-0.25, -0.2) is 4.98 Å². The van der Waals surface area contributed by atoms with Crippen LogP contribution in [0.2, 0.25) is 0 Å². The highest BCUT2D eigenvalue weighted by molar-refractivity contribution is 6.23. The second kappa shape index (κ2) is 6.37. The summed E-state index contributed by atoms with van der Waals surface area (Å²) in [5, 5.41) is 10.3. The zero-order valence-corrected chi connectivity index (χ0v) is 16.3. The van der Waals surface area contributed by atoms with Crippen LogP contribution in [0.1, 0.15) is 61.9 Å². The van der Waals surface area contributed by atoms with Crippen molar-refractivity contribution in [3.05, 3.63) is 40.7 Å². The number of aryl methyl sites for hydroxylation is 2. The van der Waals surface area contributed by atoms with Crippen molar-refractivity contribution < 1.29 is 9.93 Å². The van der Waals surface area contributed by atoms with E-state index < -0.39 is 0 Å². The Hall–Kier alpha value is -2.89. The van der Waals surface area contributed by atoms with Crippen molar-refractivity contribution >= 4 is 22.3 Å². The maximum Gasteiger partial charge on any atom is 0.179 e. The molecule has 3 aromatic rings. The molecule has 1 aromatic carbocycles. The van der Waals surface area contributed by atoms with Crippen molar-refractivity contribution in [3.8, 4) is 11.1 Å². The Morgan fingerprint density at radius 2 is 2.00 bits per heavy atom. The van der Waals surface area contributed by atoms with Gasteiger partial charge in [0.2, 0.25) is 0 Å². The summed E-state index contributed by atoms with van der Waals surface area (Å²) in [6, 6.07) is 4.22. The minimum Gasteiger partial charge on any atom is -0.402 e. The van der Waals surface area contributed by atoms with Gasteiger partial charge >= 0.3 is 0 Å². The molecular weight excluding hydrogens is 338 g/mol. The van der Waals surface area contributed by atoms with Crippen LogP contribution in [-0.2, 0) is 0 Å². The van der Waals surface area contributed by atoms with Crippen LogP contribution in [-0.4, -0.2) is 20.8 Å². The zero-order chi connectivity index (χ0) is 19.3. The molecule has 5 N–H and O–H groups in total. The number of aromatic amines is 1. The number of nitrogens with one attached hydrogen (secondary N) is 1. The third-order valence-corrected chi connectivity index (χ3v) is 5.48. The molecule has 2 aromatic heterocycles. The second-order valence-electron chi connectivity index (χ2n) is 7.61. The van der Waals surface area contributed by atoms with Gasteiger partial charge in [0.1, 0.15) is 11.6 Å². The summed E-state index contributed by atoms with van der Waals surface area (Å²) in [4.78, 5) is 8.47. The van der Waals surface area contributed by atoms with Gasteiger partial charge in [-0.3, -0.25) is 5.41 Å². The largest absolute Gasteiger partial charge is 0.402 e. The summed E-state index contributed by atoms with van der Waals surface area (Å²) < 4.78 is 5.38. The standard InChI is InChI=1S/C21H25N5O/c1-10(22)18(11(2)23)16-8-15(19-12(3)26-27-13(19)4)9-17-20(16)25-21(24-17)14-6-5-7-14/h8-9,14,22H,5-7,23H2,1-4H3,(H,24,25)/p+1. The van der Waals surface area contributed by atoms with Crippen LogP contribution >= 0.6 is 0 Å². The molecule has 0 amide bonds. The maximum absolute atomic E-state index is 6.20. The molecule has 1 fully saturated rings. The van der Waals surface area contributed by atoms with E-state index >= 15 is 0 Å². The van der Waals surface area contributed by atoms with Gasteiger partial charge in [0.25, 0.3) is 0 Å². The number of H-pyrrole nitrogens is 1. The number of nitrogens with zero attached hydrogens (tertiary/aromatic N) is 2. The first-order valence-corrected chi connectivity index (χ1v) is 9.39. The molecule has 27 heavy (non-hydrogen) atoms. The molecule has 1 aliphatic carbocycles. The fraction of sp³-hybridized carbons (Fsp3) is 0.381. The Balaban J connectivity index is 2.02. The number of hydrogen-bond acceptors (Lipinski definition) is 4.